The van der Waals surface area contributed by atoms with Gasteiger partial charge in [-0.3, -0.25) is 0 Å². The van der Waals surface area contributed by atoms with E-state index < -0.39 is 0 Å². The van der Waals surface area contributed by atoms with Crippen LogP contribution >= 0.6 is 0 Å². The number of nitrogens with one attached hydrogen (secondary N) is 1. The van der Waals surface area contributed by atoms with E-state index in [1.54, 1.807) is 0 Å². The van der Waals surface area contributed by atoms with Crippen molar-refractivity contribution in [2.45, 2.75) is 39.8 Å². The molecule has 2 nitrogen and oxygen atoms in total. The predicted octanol–water partition coefficient (Wildman–Crippen LogP) is 2.99. The molecule has 2 heteroatoms. The van der Waals surface area contributed by atoms with Crippen molar-refractivity contribution in [2.24, 2.45) is 5.92 Å². The Hall–Kier alpha value is -0.860. The minimum atomic E-state index is 0.212. The molecule has 1 aliphatic heterocycles. The van der Waals surface area contributed by atoms with Gasteiger partial charge in [0.2, 0.25) is 0 Å². The van der Waals surface area contributed by atoms with Gasteiger partial charge in [-0.1, -0.05) is 43.2 Å². The third-order valence-corrected chi connectivity index (χ3v) is 3.46. The van der Waals surface area contributed by atoms with Crippen LogP contribution in [-0.2, 0) is 4.74 Å². The van der Waals surface area contributed by atoms with Crippen LogP contribution < -0.4 is 5.32 Å². The second kappa shape index (κ2) is 5.19. The van der Waals surface area contributed by atoms with E-state index in [9.17, 15) is 0 Å². The molecular weight excluding hydrogens is 210 g/mol. The van der Waals surface area contributed by atoms with Crippen molar-refractivity contribution in [1.82, 2.24) is 5.32 Å². The Morgan fingerprint density at radius 3 is 2.29 bits per heavy atom. The van der Waals surface area contributed by atoms with E-state index in [0.717, 1.165) is 13.2 Å². The number of aryl methyl sites for hydroxylation is 2. The van der Waals surface area contributed by atoms with Crippen LogP contribution in [0.2, 0.25) is 0 Å². The zero-order valence-corrected chi connectivity index (χ0v) is 11.3. The van der Waals surface area contributed by atoms with Crippen molar-refractivity contribution in [2.75, 3.05) is 13.2 Å². The van der Waals surface area contributed by atoms with Crippen LogP contribution in [0.5, 0.6) is 0 Å². The Kier molecular flexibility index (Phi) is 3.85. The molecule has 94 valence electrons. The zero-order chi connectivity index (χ0) is 12.4. The van der Waals surface area contributed by atoms with Gasteiger partial charge in [0.05, 0.1) is 12.7 Å². The lowest BCUT2D eigenvalue weighted by molar-refractivity contribution is -0.00716. The van der Waals surface area contributed by atoms with E-state index in [-0.39, 0.29) is 6.10 Å². The molecule has 1 saturated heterocycles. The molecule has 0 amide bonds. The van der Waals surface area contributed by atoms with Crippen LogP contribution in [0, 0.1) is 19.8 Å². The standard InChI is InChI=1S/C15H23NO/c1-10(2)14-9-17-15(8-16-14)13-6-11(3)5-12(4)7-13/h5-7,10,14-16H,8-9H2,1-4H3. The lowest BCUT2D eigenvalue weighted by atomic mass is 9.99. The first-order valence-electron chi connectivity index (χ1n) is 6.49. The Balaban J connectivity index is 2.05. The molecule has 0 aliphatic carbocycles. The molecule has 0 radical (unpaired) electrons. The summed E-state index contributed by atoms with van der Waals surface area (Å²) in [5, 5.41) is 3.58. The number of ether oxygens (including phenoxy) is 1. The molecule has 2 rings (SSSR count). The average molecular weight is 233 g/mol. The fourth-order valence-electron chi connectivity index (χ4n) is 2.43. The number of morpholine rings is 1. The summed E-state index contributed by atoms with van der Waals surface area (Å²) >= 11 is 0. The number of hydrogen-bond donors (Lipinski definition) is 1. The molecule has 1 aromatic rings. The molecule has 2 atom stereocenters. The summed E-state index contributed by atoms with van der Waals surface area (Å²) in [7, 11) is 0. The predicted molar refractivity (Wildman–Crippen MR) is 71.2 cm³/mol. The van der Waals surface area contributed by atoms with Gasteiger partial charge < -0.3 is 10.1 Å². The van der Waals surface area contributed by atoms with Crippen LogP contribution in [0.1, 0.15) is 36.6 Å². The molecule has 1 fully saturated rings. The minimum absolute atomic E-state index is 0.212. The van der Waals surface area contributed by atoms with Crippen LogP contribution in [-0.4, -0.2) is 19.2 Å². The highest BCUT2D eigenvalue weighted by atomic mass is 16.5. The summed E-state index contributed by atoms with van der Waals surface area (Å²) in [4.78, 5) is 0. The highest BCUT2D eigenvalue weighted by molar-refractivity contribution is 5.30. The monoisotopic (exact) mass is 233 g/mol. The summed E-state index contributed by atoms with van der Waals surface area (Å²) < 4.78 is 5.99. The van der Waals surface area contributed by atoms with Crippen molar-refractivity contribution >= 4 is 0 Å². The molecule has 17 heavy (non-hydrogen) atoms. The average Bonchev–Trinajstić information content (AvgIpc) is 2.28. The Morgan fingerprint density at radius 1 is 1.18 bits per heavy atom. The molecule has 1 N–H and O–H groups in total. The fraction of sp³-hybridized carbons (Fsp3) is 0.600. The topological polar surface area (TPSA) is 21.3 Å². The van der Waals surface area contributed by atoms with Crippen molar-refractivity contribution < 1.29 is 4.74 Å². The Labute approximate surface area is 104 Å². The molecular formula is C15H23NO. The lowest BCUT2D eigenvalue weighted by Gasteiger charge is -2.33. The van der Waals surface area contributed by atoms with Crippen LogP contribution in [0.3, 0.4) is 0 Å². The highest BCUT2D eigenvalue weighted by Gasteiger charge is 2.24. The molecule has 1 aromatic carbocycles. The minimum Gasteiger partial charge on any atom is -0.371 e. The third kappa shape index (κ3) is 3.08. The SMILES string of the molecule is Cc1cc(C)cc(C2CNC(C(C)C)CO2)c1. The van der Waals surface area contributed by atoms with Crippen molar-refractivity contribution in [1.29, 1.82) is 0 Å². The van der Waals surface area contributed by atoms with E-state index >= 15 is 0 Å². The lowest BCUT2D eigenvalue weighted by Crippen LogP contribution is -2.45. The second-order valence-corrected chi connectivity index (χ2v) is 5.50. The maximum Gasteiger partial charge on any atom is 0.0950 e. The van der Waals surface area contributed by atoms with Crippen LogP contribution in [0.25, 0.3) is 0 Å². The Bertz CT molecular complexity index is 358. The largest absolute Gasteiger partial charge is 0.371 e. The first-order chi connectivity index (χ1) is 8.06. The van der Waals surface area contributed by atoms with Gasteiger partial charge >= 0.3 is 0 Å². The molecule has 0 spiro atoms. The fourth-order valence-corrected chi connectivity index (χ4v) is 2.43. The summed E-state index contributed by atoms with van der Waals surface area (Å²) in [6, 6.07) is 7.16. The van der Waals surface area contributed by atoms with Crippen molar-refractivity contribution in [3.8, 4) is 0 Å². The second-order valence-electron chi connectivity index (χ2n) is 5.50. The first-order valence-corrected chi connectivity index (χ1v) is 6.49. The van der Waals surface area contributed by atoms with Gasteiger partial charge in [0.1, 0.15) is 0 Å². The maximum absolute atomic E-state index is 5.99. The van der Waals surface area contributed by atoms with Crippen LogP contribution in [0.4, 0.5) is 0 Å². The normalized spacial score (nSPS) is 25.2. The molecule has 1 heterocycles. The van der Waals surface area contributed by atoms with Gasteiger partial charge in [-0.05, 0) is 25.3 Å². The molecule has 2 unspecified atom stereocenters. The van der Waals surface area contributed by atoms with Gasteiger partial charge in [0, 0.05) is 12.6 Å². The number of rotatable bonds is 2. The van der Waals surface area contributed by atoms with E-state index in [1.807, 2.05) is 0 Å². The van der Waals surface area contributed by atoms with Gasteiger partial charge in [-0.15, -0.1) is 0 Å². The summed E-state index contributed by atoms with van der Waals surface area (Å²) in [5.41, 5.74) is 3.93. The van der Waals surface area contributed by atoms with E-state index in [0.29, 0.717) is 12.0 Å². The summed E-state index contributed by atoms with van der Waals surface area (Å²) in [5.74, 6) is 0.634. The first kappa shape index (κ1) is 12.6. The number of hydrogen-bond acceptors (Lipinski definition) is 2. The van der Waals surface area contributed by atoms with Gasteiger partial charge in [0.25, 0.3) is 0 Å². The van der Waals surface area contributed by atoms with Gasteiger partial charge in [-0.2, -0.15) is 0 Å². The molecule has 0 saturated carbocycles. The zero-order valence-electron chi connectivity index (χ0n) is 11.3. The number of benzene rings is 1. The van der Waals surface area contributed by atoms with E-state index in [1.165, 1.54) is 16.7 Å². The van der Waals surface area contributed by atoms with E-state index in [2.05, 4.69) is 51.2 Å². The maximum atomic E-state index is 5.99. The van der Waals surface area contributed by atoms with Crippen molar-refractivity contribution in [3.05, 3.63) is 34.9 Å². The van der Waals surface area contributed by atoms with Gasteiger partial charge in [-0.25, -0.2) is 0 Å². The van der Waals surface area contributed by atoms with Gasteiger partial charge in [0.15, 0.2) is 0 Å². The summed E-state index contributed by atoms with van der Waals surface area (Å²) in [6.07, 6.45) is 0.212. The van der Waals surface area contributed by atoms with Crippen LogP contribution in [0.15, 0.2) is 18.2 Å². The Morgan fingerprint density at radius 2 is 1.82 bits per heavy atom. The molecule has 0 bridgehead atoms. The smallest absolute Gasteiger partial charge is 0.0950 e. The van der Waals surface area contributed by atoms with E-state index in [4.69, 9.17) is 4.74 Å². The van der Waals surface area contributed by atoms with Crippen molar-refractivity contribution in [3.63, 3.8) is 0 Å². The molecule has 1 aliphatic rings. The highest BCUT2D eigenvalue weighted by Crippen LogP contribution is 2.23. The molecule has 0 aromatic heterocycles. The quantitative estimate of drug-likeness (QED) is 0.848. The third-order valence-electron chi connectivity index (χ3n) is 3.46. The summed E-state index contributed by atoms with van der Waals surface area (Å²) in [6.45, 7) is 10.5.